The lowest BCUT2D eigenvalue weighted by molar-refractivity contribution is -0.292. The standard InChI is InChI=1S/C20H28O6/c1-5-17(4)9-11(21)13-12(14(17)22)15(23)19(24)20(25)16(2,3)7-6-8-18(13,20)10-26-19/h5,11,14,21-22,24-25H,1,6-10H2,2-4H3/t11-,14-,17+,18+,19+,20-/m1/s1. The van der Waals surface area contributed by atoms with Crippen molar-refractivity contribution in [3.05, 3.63) is 23.8 Å². The van der Waals surface area contributed by atoms with Gasteiger partial charge in [-0.25, -0.2) is 0 Å². The van der Waals surface area contributed by atoms with Crippen molar-refractivity contribution in [2.75, 3.05) is 6.61 Å². The first-order chi connectivity index (χ1) is 11.9. The van der Waals surface area contributed by atoms with Gasteiger partial charge in [-0.3, -0.25) is 4.79 Å². The topological polar surface area (TPSA) is 107 Å². The predicted molar refractivity (Wildman–Crippen MR) is 92.9 cm³/mol. The average molecular weight is 364 g/mol. The van der Waals surface area contributed by atoms with Crippen LogP contribution < -0.4 is 0 Å². The molecule has 0 aromatic heterocycles. The largest absolute Gasteiger partial charge is 0.389 e. The summed E-state index contributed by atoms with van der Waals surface area (Å²) in [7, 11) is 0. The van der Waals surface area contributed by atoms with Crippen molar-refractivity contribution < 1.29 is 30.0 Å². The zero-order valence-corrected chi connectivity index (χ0v) is 15.6. The molecule has 1 saturated carbocycles. The van der Waals surface area contributed by atoms with Gasteiger partial charge in [0.1, 0.15) is 5.60 Å². The number of aliphatic hydroxyl groups excluding tert-OH is 2. The van der Waals surface area contributed by atoms with E-state index in [1.54, 1.807) is 6.92 Å². The first kappa shape index (κ1) is 18.3. The lowest BCUT2D eigenvalue weighted by atomic mass is 9.43. The molecule has 1 aliphatic heterocycles. The summed E-state index contributed by atoms with van der Waals surface area (Å²) in [6, 6.07) is 0. The van der Waals surface area contributed by atoms with E-state index in [0.717, 1.165) is 6.42 Å². The van der Waals surface area contributed by atoms with Gasteiger partial charge in [-0.15, -0.1) is 6.58 Å². The number of ketones is 1. The highest BCUT2D eigenvalue weighted by Gasteiger charge is 2.82. The third-order valence-electron chi connectivity index (χ3n) is 7.78. The molecule has 2 fully saturated rings. The molecule has 0 unspecified atom stereocenters. The van der Waals surface area contributed by atoms with Gasteiger partial charge in [0.05, 0.1) is 24.2 Å². The Bertz CT molecular complexity index is 741. The number of rotatable bonds is 1. The van der Waals surface area contributed by atoms with Crippen molar-refractivity contribution in [2.45, 2.75) is 70.1 Å². The maximum absolute atomic E-state index is 13.3. The maximum Gasteiger partial charge on any atom is 0.262 e. The molecule has 0 amide bonds. The average Bonchev–Trinajstić information content (AvgIpc) is 2.75. The molecule has 4 aliphatic rings. The van der Waals surface area contributed by atoms with Crippen molar-refractivity contribution in [1.82, 2.24) is 0 Å². The molecule has 4 N–H and O–H groups in total. The lowest BCUT2D eigenvalue weighted by Crippen LogP contribution is -2.75. The van der Waals surface area contributed by atoms with Gasteiger partial charge in [0.25, 0.3) is 5.79 Å². The van der Waals surface area contributed by atoms with Crippen molar-refractivity contribution in [2.24, 2.45) is 16.2 Å². The summed E-state index contributed by atoms with van der Waals surface area (Å²) in [6.07, 6.45) is 1.36. The molecule has 0 aromatic carbocycles. The summed E-state index contributed by atoms with van der Waals surface area (Å²) < 4.78 is 5.61. The highest BCUT2D eigenvalue weighted by atomic mass is 16.7. The number of Topliss-reactive ketones (excluding diaryl/α,β-unsaturated/α-hetero) is 1. The number of carbonyl (C=O) groups is 1. The number of hydrogen-bond acceptors (Lipinski definition) is 6. The molecule has 6 nitrogen and oxygen atoms in total. The van der Waals surface area contributed by atoms with E-state index in [9.17, 15) is 25.2 Å². The predicted octanol–water partition coefficient (Wildman–Crippen LogP) is 0.830. The summed E-state index contributed by atoms with van der Waals surface area (Å²) in [4.78, 5) is 13.3. The zero-order chi connectivity index (χ0) is 19.3. The van der Waals surface area contributed by atoms with E-state index >= 15 is 0 Å². The third kappa shape index (κ3) is 1.61. The molecule has 0 aromatic rings. The quantitative estimate of drug-likeness (QED) is 0.514. The van der Waals surface area contributed by atoms with Gasteiger partial charge in [0.2, 0.25) is 5.78 Å². The molecular formula is C20H28O6. The molecule has 3 aliphatic carbocycles. The Morgan fingerprint density at radius 3 is 2.46 bits per heavy atom. The van der Waals surface area contributed by atoms with Crippen LogP contribution in [0, 0.1) is 16.2 Å². The van der Waals surface area contributed by atoms with E-state index in [1.807, 2.05) is 13.8 Å². The van der Waals surface area contributed by atoms with Gasteiger partial charge in [-0.2, -0.15) is 0 Å². The molecular weight excluding hydrogens is 336 g/mol. The van der Waals surface area contributed by atoms with Crippen LogP contribution >= 0.6 is 0 Å². The summed E-state index contributed by atoms with van der Waals surface area (Å²) in [6.45, 7) is 9.05. The first-order valence-electron chi connectivity index (χ1n) is 9.30. The lowest BCUT2D eigenvalue weighted by Gasteiger charge is -2.62. The Labute approximate surface area is 153 Å². The first-order valence-corrected chi connectivity index (χ1v) is 9.30. The molecule has 4 rings (SSSR count). The fraction of sp³-hybridized carbons (Fsp3) is 0.750. The van der Waals surface area contributed by atoms with E-state index in [4.69, 9.17) is 4.74 Å². The Kier molecular flexibility index (Phi) is 3.42. The molecule has 0 spiro atoms. The Hall–Kier alpha value is -1.05. The highest BCUT2D eigenvalue weighted by molar-refractivity contribution is 6.06. The van der Waals surface area contributed by atoms with Crippen LogP contribution in [0.15, 0.2) is 23.8 Å². The van der Waals surface area contributed by atoms with E-state index < -0.39 is 45.6 Å². The monoisotopic (exact) mass is 364 g/mol. The van der Waals surface area contributed by atoms with Gasteiger partial charge < -0.3 is 25.2 Å². The van der Waals surface area contributed by atoms with Crippen LogP contribution in [0.25, 0.3) is 0 Å². The summed E-state index contributed by atoms with van der Waals surface area (Å²) >= 11 is 0. The number of carbonyl (C=O) groups excluding carboxylic acids is 1. The van der Waals surface area contributed by atoms with Crippen LogP contribution in [0.2, 0.25) is 0 Å². The molecule has 1 heterocycles. The fourth-order valence-corrected chi connectivity index (χ4v) is 6.26. The molecule has 26 heavy (non-hydrogen) atoms. The number of aliphatic hydroxyl groups is 4. The van der Waals surface area contributed by atoms with Crippen LogP contribution in [0.5, 0.6) is 0 Å². The molecule has 6 atom stereocenters. The van der Waals surface area contributed by atoms with E-state index in [0.29, 0.717) is 18.4 Å². The van der Waals surface area contributed by atoms with E-state index in [-0.39, 0.29) is 18.6 Å². The third-order valence-corrected chi connectivity index (χ3v) is 7.78. The van der Waals surface area contributed by atoms with Crippen LogP contribution in [-0.4, -0.2) is 56.4 Å². The zero-order valence-electron chi connectivity index (χ0n) is 15.6. The number of ether oxygens (including phenoxy) is 1. The SMILES string of the molecule is C=C[C@@]1(C)C[C@@H](O)C2=C(C(=O)[C@]3(O)OC[C@@]24CCCC(C)(C)[C@@]43O)[C@H]1O. The van der Waals surface area contributed by atoms with Gasteiger partial charge in [-0.1, -0.05) is 33.3 Å². The second-order valence-corrected chi connectivity index (χ2v) is 9.45. The molecule has 1 saturated heterocycles. The van der Waals surface area contributed by atoms with E-state index in [1.165, 1.54) is 6.08 Å². The van der Waals surface area contributed by atoms with Gasteiger partial charge in [0, 0.05) is 16.4 Å². The molecule has 2 bridgehead atoms. The normalized spacial score (nSPS) is 52.5. The number of hydrogen-bond donors (Lipinski definition) is 4. The fourth-order valence-electron chi connectivity index (χ4n) is 6.26. The van der Waals surface area contributed by atoms with Crippen LogP contribution in [-0.2, 0) is 9.53 Å². The summed E-state index contributed by atoms with van der Waals surface area (Å²) in [5, 5.41) is 45.1. The Balaban J connectivity index is 2.06. The van der Waals surface area contributed by atoms with Gasteiger partial charge in [-0.05, 0) is 24.8 Å². The Morgan fingerprint density at radius 1 is 1.19 bits per heavy atom. The minimum Gasteiger partial charge on any atom is -0.389 e. The van der Waals surface area contributed by atoms with Gasteiger partial charge in [0.15, 0.2) is 0 Å². The molecule has 6 heteroatoms. The van der Waals surface area contributed by atoms with Crippen molar-refractivity contribution in [1.29, 1.82) is 0 Å². The van der Waals surface area contributed by atoms with Crippen LogP contribution in [0.4, 0.5) is 0 Å². The summed E-state index contributed by atoms with van der Waals surface area (Å²) in [5.74, 6) is -3.26. The van der Waals surface area contributed by atoms with Crippen molar-refractivity contribution in [3.8, 4) is 0 Å². The van der Waals surface area contributed by atoms with Crippen molar-refractivity contribution in [3.63, 3.8) is 0 Å². The van der Waals surface area contributed by atoms with E-state index in [2.05, 4.69) is 6.58 Å². The second kappa shape index (κ2) is 4.86. The smallest absolute Gasteiger partial charge is 0.262 e. The minimum atomic E-state index is -2.42. The van der Waals surface area contributed by atoms with Crippen LogP contribution in [0.1, 0.15) is 46.5 Å². The second-order valence-electron chi connectivity index (χ2n) is 9.45. The Morgan fingerprint density at radius 2 is 1.85 bits per heavy atom. The molecule has 0 radical (unpaired) electrons. The van der Waals surface area contributed by atoms with Crippen LogP contribution in [0.3, 0.4) is 0 Å². The highest BCUT2D eigenvalue weighted by Crippen LogP contribution is 2.70. The maximum atomic E-state index is 13.3. The van der Waals surface area contributed by atoms with Gasteiger partial charge >= 0.3 is 0 Å². The molecule has 144 valence electrons. The van der Waals surface area contributed by atoms with Crippen molar-refractivity contribution >= 4 is 5.78 Å². The summed E-state index contributed by atoms with van der Waals surface area (Å²) in [5.41, 5.74) is -4.30. The minimum absolute atomic E-state index is 0.00600.